The molecule has 1 atom stereocenters. The summed E-state index contributed by atoms with van der Waals surface area (Å²) in [6.07, 6.45) is 2.46. The third kappa shape index (κ3) is 4.06. The number of aryl methyl sites for hydroxylation is 2. The Balaban J connectivity index is 1.41. The summed E-state index contributed by atoms with van der Waals surface area (Å²) in [6, 6.07) is 6.95. The average Bonchev–Trinajstić information content (AvgIpc) is 3.62. The first-order valence-corrected chi connectivity index (χ1v) is 12.4. The van der Waals surface area contributed by atoms with E-state index in [-0.39, 0.29) is 19.4 Å². The van der Waals surface area contributed by atoms with Gasteiger partial charge >= 0.3 is 11.9 Å². The normalized spacial score (nSPS) is 16.0. The van der Waals surface area contributed by atoms with E-state index in [1.54, 1.807) is 47.7 Å². The van der Waals surface area contributed by atoms with E-state index < -0.39 is 30.4 Å². The highest BCUT2D eigenvalue weighted by molar-refractivity contribution is 5.93. The topological polar surface area (TPSA) is 90.8 Å². The number of benzene rings is 1. The quantitative estimate of drug-likeness (QED) is 0.347. The van der Waals surface area contributed by atoms with Gasteiger partial charge in [-0.15, -0.1) is 0 Å². The molecule has 0 spiro atoms. The van der Waals surface area contributed by atoms with E-state index in [4.69, 9.17) is 0 Å². The summed E-state index contributed by atoms with van der Waals surface area (Å²) >= 11 is 0. The Hall–Kier alpha value is -4.48. The molecule has 1 amide bonds. The van der Waals surface area contributed by atoms with Gasteiger partial charge in [-0.1, -0.05) is 12.1 Å². The highest BCUT2D eigenvalue weighted by atomic mass is 19.4. The summed E-state index contributed by atoms with van der Waals surface area (Å²) < 4.78 is 44.8. The van der Waals surface area contributed by atoms with Crippen molar-refractivity contribution >= 4 is 27.8 Å². The summed E-state index contributed by atoms with van der Waals surface area (Å²) in [6.45, 7) is 1.34. The summed E-state index contributed by atoms with van der Waals surface area (Å²) in [5.74, 6) is -0.409. The largest absolute Gasteiger partial charge is 0.408 e. The van der Waals surface area contributed by atoms with Crippen molar-refractivity contribution in [1.29, 1.82) is 0 Å². The van der Waals surface area contributed by atoms with Crippen molar-refractivity contribution in [3.8, 4) is 16.9 Å². The van der Waals surface area contributed by atoms with Gasteiger partial charge in [-0.3, -0.25) is 19.0 Å². The third-order valence-corrected chi connectivity index (χ3v) is 7.36. The van der Waals surface area contributed by atoms with E-state index in [2.05, 4.69) is 15.1 Å². The van der Waals surface area contributed by atoms with Crippen molar-refractivity contribution in [2.75, 3.05) is 6.54 Å². The second-order valence-electron chi connectivity index (χ2n) is 9.73. The van der Waals surface area contributed by atoms with Crippen molar-refractivity contribution in [2.45, 2.75) is 38.5 Å². The molecule has 1 aromatic carbocycles. The molecule has 39 heavy (non-hydrogen) atoms. The van der Waals surface area contributed by atoms with Crippen LogP contribution in [0.3, 0.4) is 0 Å². The van der Waals surface area contributed by atoms with Crippen LogP contribution in [0.15, 0.2) is 59.9 Å². The molecule has 0 aliphatic carbocycles. The zero-order chi connectivity index (χ0) is 27.5. The van der Waals surface area contributed by atoms with Gasteiger partial charge in [0.1, 0.15) is 18.4 Å². The molecule has 12 heteroatoms. The lowest BCUT2D eigenvalue weighted by Crippen LogP contribution is -2.46. The van der Waals surface area contributed by atoms with E-state index in [1.165, 1.54) is 9.13 Å². The van der Waals surface area contributed by atoms with Crippen LogP contribution in [0.2, 0.25) is 0 Å². The molecular formula is C27H24F3N7O2. The van der Waals surface area contributed by atoms with Crippen LogP contribution in [0.25, 0.3) is 38.9 Å². The Labute approximate surface area is 220 Å². The number of nitrogens with zero attached hydrogens (tertiary/aromatic N) is 7. The fourth-order valence-electron chi connectivity index (χ4n) is 5.44. The van der Waals surface area contributed by atoms with Crippen LogP contribution in [-0.2, 0) is 18.4 Å². The molecule has 0 N–H and O–H groups in total. The fourth-order valence-corrected chi connectivity index (χ4v) is 5.44. The molecule has 1 saturated heterocycles. The zero-order valence-electron chi connectivity index (χ0n) is 21.2. The maximum Gasteiger partial charge on any atom is 0.408 e. The van der Waals surface area contributed by atoms with E-state index in [0.29, 0.717) is 16.9 Å². The number of rotatable bonds is 4. The number of aromatic nitrogens is 6. The van der Waals surface area contributed by atoms with Crippen LogP contribution < -0.4 is 5.69 Å². The lowest BCUT2D eigenvalue weighted by molar-refractivity contribution is -0.182. The van der Waals surface area contributed by atoms with Crippen molar-refractivity contribution in [1.82, 2.24) is 33.8 Å². The highest BCUT2D eigenvalue weighted by Gasteiger charge is 2.47. The predicted molar refractivity (Wildman–Crippen MR) is 138 cm³/mol. The first-order chi connectivity index (χ1) is 18.6. The summed E-state index contributed by atoms with van der Waals surface area (Å²) in [4.78, 5) is 36.4. The van der Waals surface area contributed by atoms with Gasteiger partial charge in [0.15, 0.2) is 0 Å². The molecule has 1 fully saturated rings. The molecule has 0 bridgehead atoms. The number of fused-ring (bicyclic) bond motifs is 2. The van der Waals surface area contributed by atoms with Gasteiger partial charge < -0.3 is 4.90 Å². The predicted octanol–water partition coefficient (Wildman–Crippen LogP) is 4.00. The number of alkyl halides is 3. The first-order valence-electron chi connectivity index (χ1n) is 12.4. The van der Waals surface area contributed by atoms with E-state index in [0.717, 1.165) is 32.5 Å². The summed E-state index contributed by atoms with van der Waals surface area (Å²) in [5, 5.41) is 5.20. The Morgan fingerprint density at radius 3 is 2.64 bits per heavy atom. The van der Waals surface area contributed by atoms with Gasteiger partial charge in [0.25, 0.3) is 0 Å². The van der Waals surface area contributed by atoms with Crippen LogP contribution >= 0.6 is 0 Å². The van der Waals surface area contributed by atoms with Crippen molar-refractivity contribution in [3.63, 3.8) is 0 Å². The van der Waals surface area contributed by atoms with Gasteiger partial charge in [-0.05, 0) is 43.5 Å². The second-order valence-corrected chi connectivity index (χ2v) is 9.73. The minimum Gasteiger partial charge on any atom is -0.329 e. The molecule has 6 rings (SSSR count). The number of carbonyl (C=O) groups excluding carboxylic acids is 1. The van der Waals surface area contributed by atoms with Crippen molar-refractivity contribution < 1.29 is 18.0 Å². The molecule has 5 aromatic rings. The maximum atomic E-state index is 13.7. The van der Waals surface area contributed by atoms with Crippen LogP contribution in [0.4, 0.5) is 13.2 Å². The maximum absolute atomic E-state index is 13.7. The molecular weight excluding hydrogens is 511 g/mol. The van der Waals surface area contributed by atoms with Crippen molar-refractivity contribution in [2.24, 2.45) is 7.05 Å². The Morgan fingerprint density at radius 2 is 1.90 bits per heavy atom. The van der Waals surface area contributed by atoms with Crippen molar-refractivity contribution in [3.05, 3.63) is 71.2 Å². The molecule has 5 heterocycles. The molecule has 1 aliphatic rings. The summed E-state index contributed by atoms with van der Waals surface area (Å²) in [5.41, 5.74) is 3.68. The summed E-state index contributed by atoms with van der Waals surface area (Å²) in [7, 11) is 1.83. The number of pyridine rings is 2. The molecule has 200 valence electrons. The number of halogens is 3. The standard InChI is InChI=1S/C27H24F3N7O2/c1-16-5-3-6-20-25(16)37(26(39)36(20)15-24(38)35-10-4-7-22(35)27(28,29)30)23-9-8-17(11-32-23)18-12-31-14-21-19(18)13-33-34(21)2/h3,5-6,8-9,11-14,22H,4,7,10,15H2,1-2H3. The Kier molecular flexibility index (Phi) is 5.77. The minimum atomic E-state index is -4.51. The Bertz CT molecular complexity index is 1780. The van der Waals surface area contributed by atoms with Gasteiger partial charge in [0.05, 0.1) is 28.9 Å². The van der Waals surface area contributed by atoms with Gasteiger partial charge in [-0.25, -0.2) is 14.3 Å². The molecule has 1 aliphatic heterocycles. The van der Waals surface area contributed by atoms with Crippen LogP contribution in [0, 0.1) is 6.92 Å². The number of hydrogen-bond donors (Lipinski definition) is 0. The molecule has 1 unspecified atom stereocenters. The minimum absolute atomic E-state index is 0.0109. The third-order valence-electron chi connectivity index (χ3n) is 7.36. The highest BCUT2D eigenvalue weighted by Crippen LogP contribution is 2.33. The monoisotopic (exact) mass is 535 g/mol. The Morgan fingerprint density at radius 1 is 1.08 bits per heavy atom. The molecule has 9 nitrogen and oxygen atoms in total. The molecule has 0 saturated carbocycles. The van der Waals surface area contributed by atoms with Gasteiger partial charge in [0, 0.05) is 42.5 Å². The lowest BCUT2D eigenvalue weighted by atomic mass is 10.1. The van der Waals surface area contributed by atoms with Gasteiger partial charge in [0.2, 0.25) is 5.91 Å². The van der Waals surface area contributed by atoms with Crippen LogP contribution in [0.1, 0.15) is 18.4 Å². The van der Waals surface area contributed by atoms with Crippen LogP contribution in [0.5, 0.6) is 0 Å². The first kappa shape index (κ1) is 24.8. The number of carbonyl (C=O) groups is 1. The van der Waals surface area contributed by atoms with E-state index in [1.807, 2.05) is 26.1 Å². The van der Waals surface area contributed by atoms with E-state index in [9.17, 15) is 22.8 Å². The lowest BCUT2D eigenvalue weighted by Gasteiger charge is -2.26. The van der Waals surface area contributed by atoms with E-state index >= 15 is 0 Å². The fraction of sp³-hybridized carbons (Fsp3) is 0.296. The number of likely N-dealkylation sites (tertiary alicyclic amines) is 1. The average molecular weight is 536 g/mol. The zero-order valence-corrected chi connectivity index (χ0v) is 21.2. The molecule has 0 radical (unpaired) electrons. The number of para-hydroxylation sites is 1. The van der Waals surface area contributed by atoms with Gasteiger partial charge in [-0.2, -0.15) is 18.3 Å². The van der Waals surface area contributed by atoms with Crippen LogP contribution in [-0.4, -0.2) is 58.5 Å². The smallest absolute Gasteiger partial charge is 0.329 e. The number of imidazole rings is 1. The second kappa shape index (κ2) is 9.07. The SMILES string of the molecule is Cc1cccc2c1n(-c1ccc(-c3cncc4c3cnn4C)cn1)c(=O)n2CC(=O)N1CCCC1C(F)(F)F. The number of hydrogen-bond acceptors (Lipinski definition) is 5. The number of amides is 1. The molecule has 4 aromatic heterocycles.